The molecule has 2 atom stereocenters. The molecule has 2 aliphatic carbocycles. The lowest BCUT2D eigenvalue weighted by atomic mass is 9.70. The Morgan fingerprint density at radius 2 is 1.83 bits per heavy atom. The van der Waals surface area contributed by atoms with Crippen molar-refractivity contribution < 1.29 is 4.79 Å². The third kappa shape index (κ3) is 1.31. The molecule has 94 valence electrons. The van der Waals surface area contributed by atoms with Gasteiger partial charge in [0.2, 0.25) is 0 Å². The van der Waals surface area contributed by atoms with Crippen LogP contribution in [-0.4, -0.2) is 5.78 Å². The van der Waals surface area contributed by atoms with Gasteiger partial charge in [-0.25, -0.2) is 0 Å². The van der Waals surface area contributed by atoms with Gasteiger partial charge in [-0.1, -0.05) is 51.1 Å². The first-order chi connectivity index (χ1) is 8.47. The van der Waals surface area contributed by atoms with Crippen LogP contribution in [0.15, 0.2) is 35.9 Å². The molecule has 0 amide bonds. The first-order valence-corrected chi connectivity index (χ1v) is 6.78. The molecular weight excluding hydrogens is 220 g/mol. The van der Waals surface area contributed by atoms with Gasteiger partial charge in [-0.05, 0) is 41.4 Å². The number of benzene rings is 1. The van der Waals surface area contributed by atoms with Crippen LogP contribution in [0.4, 0.5) is 0 Å². The predicted octanol–water partition coefficient (Wildman–Crippen LogP) is 4.10. The summed E-state index contributed by atoms with van der Waals surface area (Å²) >= 11 is 0. The van der Waals surface area contributed by atoms with E-state index >= 15 is 0 Å². The van der Waals surface area contributed by atoms with Crippen LogP contribution in [0.5, 0.6) is 0 Å². The number of carbonyl (C=O) groups is 1. The minimum atomic E-state index is -0.141. The summed E-state index contributed by atoms with van der Waals surface area (Å²) < 4.78 is 0. The van der Waals surface area contributed by atoms with Crippen LogP contribution in [0.25, 0.3) is 6.08 Å². The fraction of sp³-hybridized carbons (Fsp3) is 0.471. The quantitative estimate of drug-likeness (QED) is 0.675. The van der Waals surface area contributed by atoms with Crippen LogP contribution in [0.1, 0.15) is 39.2 Å². The fourth-order valence-electron chi connectivity index (χ4n) is 3.82. The van der Waals surface area contributed by atoms with Gasteiger partial charge in [-0.3, -0.25) is 4.79 Å². The maximum atomic E-state index is 12.6. The topological polar surface area (TPSA) is 17.1 Å². The Kier molecular flexibility index (Phi) is 2.32. The second kappa shape index (κ2) is 3.57. The summed E-state index contributed by atoms with van der Waals surface area (Å²) in [6, 6.07) is 10.2. The molecule has 2 fully saturated rings. The first-order valence-electron chi connectivity index (χ1n) is 6.78. The number of carbonyl (C=O) groups excluding carboxylic acids is 1. The Labute approximate surface area is 109 Å². The Bertz CT molecular complexity index is 524. The lowest BCUT2D eigenvalue weighted by Crippen LogP contribution is -2.32. The first kappa shape index (κ1) is 11.7. The molecule has 1 aromatic carbocycles. The summed E-state index contributed by atoms with van der Waals surface area (Å²) in [6.07, 6.45) is 4.32. The number of ketones is 1. The minimum absolute atomic E-state index is 0.116. The van der Waals surface area contributed by atoms with Crippen molar-refractivity contribution >= 4 is 11.9 Å². The van der Waals surface area contributed by atoms with Crippen molar-refractivity contribution in [1.82, 2.24) is 0 Å². The number of rotatable bonds is 1. The summed E-state index contributed by atoms with van der Waals surface area (Å²) in [5.74, 6) is 0.822. The zero-order valence-electron chi connectivity index (χ0n) is 11.4. The van der Waals surface area contributed by atoms with Crippen LogP contribution in [0.2, 0.25) is 0 Å². The highest BCUT2D eigenvalue weighted by atomic mass is 16.1. The van der Waals surface area contributed by atoms with Crippen molar-refractivity contribution in [3.05, 3.63) is 41.5 Å². The van der Waals surface area contributed by atoms with Gasteiger partial charge in [-0.2, -0.15) is 0 Å². The predicted molar refractivity (Wildman–Crippen MR) is 74.0 cm³/mol. The summed E-state index contributed by atoms with van der Waals surface area (Å²) in [5, 5.41) is 0. The van der Waals surface area contributed by atoms with E-state index in [1.54, 1.807) is 0 Å². The molecule has 1 nitrogen and oxygen atoms in total. The molecule has 3 rings (SSSR count). The number of fused-ring (bicyclic) bond motifs is 2. The van der Waals surface area contributed by atoms with Crippen molar-refractivity contribution in [2.75, 3.05) is 0 Å². The molecule has 1 unspecified atom stereocenters. The Morgan fingerprint density at radius 3 is 2.39 bits per heavy atom. The molecule has 2 aliphatic rings. The van der Waals surface area contributed by atoms with E-state index in [0.717, 1.165) is 24.0 Å². The van der Waals surface area contributed by atoms with Crippen molar-refractivity contribution in [2.45, 2.75) is 33.6 Å². The van der Waals surface area contributed by atoms with Crippen molar-refractivity contribution in [3.8, 4) is 0 Å². The number of allylic oxidation sites excluding steroid dienone is 1. The van der Waals surface area contributed by atoms with Gasteiger partial charge in [-0.15, -0.1) is 0 Å². The van der Waals surface area contributed by atoms with Crippen LogP contribution < -0.4 is 0 Å². The van der Waals surface area contributed by atoms with Gasteiger partial charge in [0.25, 0.3) is 0 Å². The fourth-order valence-corrected chi connectivity index (χ4v) is 3.82. The number of hydrogen-bond acceptors (Lipinski definition) is 1. The summed E-state index contributed by atoms with van der Waals surface area (Å²) in [6.45, 7) is 6.67. The molecule has 2 saturated carbocycles. The van der Waals surface area contributed by atoms with Crippen molar-refractivity contribution in [2.24, 2.45) is 16.7 Å². The van der Waals surface area contributed by atoms with Crippen LogP contribution in [0, 0.1) is 16.7 Å². The zero-order valence-corrected chi connectivity index (χ0v) is 11.4. The molecule has 0 aliphatic heterocycles. The third-order valence-electron chi connectivity index (χ3n) is 5.49. The molecule has 1 aromatic rings. The zero-order chi connectivity index (χ0) is 13.0. The van der Waals surface area contributed by atoms with E-state index in [1.807, 2.05) is 18.2 Å². The summed E-state index contributed by atoms with van der Waals surface area (Å²) in [4.78, 5) is 12.6. The minimum Gasteiger partial charge on any atom is -0.294 e. The van der Waals surface area contributed by atoms with Gasteiger partial charge in [0.1, 0.15) is 0 Å². The highest BCUT2D eigenvalue weighted by Gasteiger charge is 2.63. The van der Waals surface area contributed by atoms with E-state index in [-0.39, 0.29) is 10.8 Å². The average Bonchev–Trinajstić information content (AvgIpc) is 2.65. The molecule has 0 spiro atoms. The lowest BCUT2D eigenvalue weighted by molar-refractivity contribution is -0.125. The standard InChI is InChI=1S/C17H20O/c1-16(2)14-9-10-17(16,3)15(18)13(14)11-12-7-5-4-6-8-12/h4-8,11,14H,9-10H2,1-3H3/b13-11-/t14?,17-/m1/s1. The Hall–Kier alpha value is -1.37. The normalized spacial score (nSPS) is 35.4. The van der Waals surface area contributed by atoms with E-state index in [4.69, 9.17) is 0 Å². The summed E-state index contributed by atoms with van der Waals surface area (Å²) in [7, 11) is 0. The van der Waals surface area contributed by atoms with E-state index in [0.29, 0.717) is 11.7 Å². The van der Waals surface area contributed by atoms with E-state index in [1.165, 1.54) is 0 Å². The van der Waals surface area contributed by atoms with Gasteiger partial charge in [0.05, 0.1) is 0 Å². The lowest BCUT2D eigenvalue weighted by Gasteiger charge is -2.31. The maximum Gasteiger partial charge on any atom is 0.165 e. The van der Waals surface area contributed by atoms with E-state index in [9.17, 15) is 4.79 Å². The van der Waals surface area contributed by atoms with Gasteiger partial charge in [0, 0.05) is 5.41 Å². The second-order valence-corrected chi connectivity index (χ2v) is 6.48. The Balaban J connectivity index is 2.07. The molecule has 0 saturated heterocycles. The third-order valence-corrected chi connectivity index (χ3v) is 5.49. The van der Waals surface area contributed by atoms with E-state index in [2.05, 4.69) is 39.0 Å². The van der Waals surface area contributed by atoms with Gasteiger partial charge in [0.15, 0.2) is 5.78 Å². The average molecular weight is 240 g/mol. The van der Waals surface area contributed by atoms with Crippen LogP contribution in [-0.2, 0) is 4.79 Å². The summed E-state index contributed by atoms with van der Waals surface area (Å²) in [5.41, 5.74) is 2.18. The molecule has 1 heteroatoms. The molecule has 18 heavy (non-hydrogen) atoms. The van der Waals surface area contributed by atoms with E-state index < -0.39 is 0 Å². The molecular formula is C17H20O. The molecule has 0 aromatic heterocycles. The maximum absolute atomic E-state index is 12.6. The number of Topliss-reactive ketones (excluding diaryl/α,β-unsaturated/α-hetero) is 1. The van der Waals surface area contributed by atoms with Crippen LogP contribution >= 0.6 is 0 Å². The highest BCUT2D eigenvalue weighted by Crippen LogP contribution is 2.65. The van der Waals surface area contributed by atoms with Crippen molar-refractivity contribution in [1.29, 1.82) is 0 Å². The monoisotopic (exact) mass is 240 g/mol. The molecule has 0 N–H and O–H groups in total. The Morgan fingerprint density at radius 1 is 1.17 bits per heavy atom. The highest BCUT2D eigenvalue weighted by molar-refractivity contribution is 6.07. The van der Waals surface area contributed by atoms with Gasteiger partial charge >= 0.3 is 0 Å². The van der Waals surface area contributed by atoms with Crippen LogP contribution in [0.3, 0.4) is 0 Å². The molecule has 2 bridgehead atoms. The smallest absolute Gasteiger partial charge is 0.165 e. The molecule has 0 radical (unpaired) electrons. The molecule has 0 heterocycles. The van der Waals surface area contributed by atoms with Crippen molar-refractivity contribution in [3.63, 3.8) is 0 Å². The number of hydrogen-bond donors (Lipinski definition) is 0. The van der Waals surface area contributed by atoms with Gasteiger partial charge < -0.3 is 0 Å². The largest absolute Gasteiger partial charge is 0.294 e. The SMILES string of the molecule is CC1(C)C2CC[C@]1(C)C(=O)/C2=C\c1ccccc1. The second-order valence-electron chi connectivity index (χ2n) is 6.48.